The highest BCUT2D eigenvalue weighted by molar-refractivity contribution is 5.55. The van der Waals surface area contributed by atoms with Crippen LogP contribution in [-0.2, 0) is 0 Å². The molecule has 2 heteroatoms. The zero-order valence-corrected chi connectivity index (χ0v) is 16.8. The first-order valence-corrected chi connectivity index (χ1v) is 10.7. The lowest BCUT2D eigenvalue weighted by molar-refractivity contribution is -0.0194. The molecule has 2 aliphatic carbocycles. The number of nitrogens with zero attached hydrogens (tertiary/aromatic N) is 1. The van der Waals surface area contributed by atoms with E-state index in [4.69, 9.17) is 0 Å². The van der Waals surface area contributed by atoms with Crippen molar-refractivity contribution in [3.8, 4) is 0 Å². The van der Waals surface area contributed by atoms with Crippen molar-refractivity contribution < 1.29 is 5.11 Å². The minimum absolute atomic E-state index is 0.344. The van der Waals surface area contributed by atoms with E-state index in [1.165, 1.54) is 56.1 Å². The second kappa shape index (κ2) is 9.19. The van der Waals surface area contributed by atoms with Crippen LogP contribution >= 0.6 is 0 Å². The van der Waals surface area contributed by atoms with Crippen molar-refractivity contribution in [2.45, 2.75) is 69.8 Å². The summed E-state index contributed by atoms with van der Waals surface area (Å²) in [5.74, 6) is 1.03. The Bertz CT molecular complexity index is 573. The quantitative estimate of drug-likeness (QED) is 0.703. The Kier molecular flexibility index (Phi) is 6.94. The van der Waals surface area contributed by atoms with E-state index >= 15 is 0 Å². The molecule has 0 saturated heterocycles. The molecule has 2 nitrogen and oxygen atoms in total. The maximum Gasteiger partial charge on any atom is 0.0902 e. The standard InChI is InChI=1S/C24H37NO/c1-25(2)19-23-16-10-9-15-22(17-20-11-5-3-6-12-20)24(23,26)18-21-13-7-4-8-14-21/h3,5-6,11-12,17,21,23,26H,4,7-10,13-16,18-19H2,1-2H3. The molecule has 0 spiro atoms. The van der Waals surface area contributed by atoms with Crippen molar-refractivity contribution in [2.75, 3.05) is 20.6 Å². The summed E-state index contributed by atoms with van der Waals surface area (Å²) in [7, 11) is 4.29. The Morgan fingerprint density at radius 3 is 2.38 bits per heavy atom. The largest absolute Gasteiger partial charge is 0.385 e. The Morgan fingerprint density at radius 1 is 1.00 bits per heavy atom. The highest BCUT2D eigenvalue weighted by Gasteiger charge is 2.42. The van der Waals surface area contributed by atoms with Crippen LogP contribution in [0.15, 0.2) is 35.9 Å². The van der Waals surface area contributed by atoms with Crippen LogP contribution in [0.4, 0.5) is 0 Å². The van der Waals surface area contributed by atoms with Crippen molar-refractivity contribution in [3.63, 3.8) is 0 Å². The Hall–Kier alpha value is -1.12. The summed E-state index contributed by atoms with van der Waals surface area (Å²) < 4.78 is 0. The molecule has 26 heavy (non-hydrogen) atoms. The van der Waals surface area contributed by atoms with Gasteiger partial charge in [-0.2, -0.15) is 0 Å². The molecule has 1 aromatic rings. The molecule has 2 unspecified atom stereocenters. The first-order valence-electron chi connectivity index (χ1n) is 10.7. The molecule has 0 heterocycles. The van der Waals surface area contributed by atoms with Crippen LogP contribution in [0, 0.1) is 11.8 Å². The molecule has 0 aliphatic heterocycles. The van der Waals surface area contributed by atoms with Gasteiger partial charge in [0.05, 0.1) is 5.60 Å². The first kappa shape index (κ1) is 19.6. The zero-order chi connectivity index (χ0) is 18.4. The summed E-state index contributed by atoms with van der Waals surface area (Å²) in [6.07, 6.45) is 14.6. The summed E-state index contributed by atoms with van der Waals surface area (Å²) >= 11 is 0. The molecule has 1 N–H and O–H groups in total. The fourth-order valence-corrected chi connectivity index (χ4v) is 5.18. The van der Waals surface area contributed by atoms with E-state index in [2.05, 4.69) is 55.4 Å². The molecule has 2 aliphatic rings. The lowest BCUT2D eigenvalue weighted by Crippen LogP contribution is -2.45. The molecular formula is C24H37NO. The van der Waals surface area contributed by atoms with Gasteiger partial charge in [0, 0.05) is 12.5 Å². The number of hydrogen-bond acceptors (Lipinski definition) is 2. The van der Waals surface area contributed by atoms with E-state index in [9.17, 15) is 5.11 Å². The normalized spacial score (nSPS) is 29.8. The third-order valence-corrected chi connectivity index (χ3v) is 6.53. The van der Waals surface area contributed by atoms with E-state index in [1.54, 1.807) is 0 Å². The first-order chi connectivity index (χ1) is 12.6. The number of rotatable bonds is 5. The van der Waals surface area contributed by atoms with Gasteiger partial charge in [0.25, 0.3) is 0 Å². The van der Waals surface area contributed by atoms with Crippen LogP contribution < -0.4 is 0 Å². The van der Waals surface area contributed by atoms with E-state index in [-0.39, 0.29) is 0 Å². The van der Waals surface area contributed by atoms with Crippen molar-refractivity contribution in [1.82, 2.24) is 4.90 Å². The van der Waals surface area contributed by atoms with E-state index < -0.39 is 5.60 Å². The van der Waals surface area contributed by atoms with Gasteiger partial charge < -0.3 is 10.0 Å². The second-order valence-electron chi connectivity index (χ2n) is 8.92. The third kappa shape index (κ3) is 4.98. The van der Waals surface area contributed by atoms with Gasteiger partial charge in [-0.1, -0.05) is 74.9 Å². The number of benzene rings is 1. The van der Waals surface area contributed by atoms with Crippen LogP contribution in [0.25, 0.3) is 6.08 Å². The third-order valence-electron chi connectivity index (χ3n) is 6.53. The fourth-order valence-electron chi connectivity index (χ4n) is 5.18. The molecule has 2 saturated carbocycles. The second-order valence-corrected chi connectivity index (χ2v) is 8.92. The Morgan fingerprint density at radius 2 is 1.69 bits per heavy atom. The summed E-state index contributed by atoms with van der Waals surface area (Å²) in [6.45, 7) is 0.981. The van der Waals surface area contributed by atoms with Crippen LogP contribution in [-0.4, -0.2) is 36.2 Å². The predicted molar refractivity (Wildman–Crippen MR) is 111 cm³/mol. The van der Waals surface area contributed by atoms with Crippen molar-refractivity contribution in [2.24, 2.45) is 11.8 Å². The molecule has 2 atom stereocenters. The van der Waals surface area contributed by atoms with Gasteiger partial charge in [0.1, 0.15) is 0 Å². The van der Waals surface area contributed by atoms with Gasteiger partial charge in [0.2, 0.25) is 0 Å². The Labute approximate surface area is 160 Å². The van der Waals surface area contributed by atoms with E-state index in [1.807, 2.05) is 0 Å². The van der Waals surface area contributed by atoms with Gasteiger partial charge in [-0.3, -0.25) is 0 Å². The Balaban J connectivity index is 1.93. The van der Waals surface area contributed by atoms with Crippen LogP contribution in [0.5, 0.6) is 0 Å². The smallest absolute Gasteiger partial charge is 0.0902 e. The minimum atomic E-state index is -0.640. The maximum absolute atomic E-state index is 12.1. The molecule has 0 aromatic heterocycles. The highest BCUT2D eigenvalue weighted by atomic mass is 16.3. The highest BCUT2D eigenvalue weighted by Crippen LogP contribution is 2.44. The summed E-state index contributed by atoms with van der Waals surface area (Å²) in [5.41, 5.74) is 1.88. The zero-order valence-electron chi connectivity index (χ0n) is 16.8. The summed E-state index contributed by atoms with van der Waals surface area (Å²) in [5, 5.41) is 12.1. The van der Waals surface area contributed by atoms with Crippen molar-refractivity contribution in [3.05, 3.63) is 41.5 Å². The van der Waals surface area contributed by atoms with Crippen molar-refractivity contribution in [1.29, 1.82) is 0 Å². The van der Waals surface area contributed by atoms with Gasteiger partial charge in [-0.15, -0.1) is 0 Å². The average Bonchev–Trinajstić information content (AvgIpc) is 2.77. The number of aliphatic hydroxyl groups is 1. The van der Waals surface area contributed by atoms with Gasteiger partial charge in [0.15, 0.2) is 0 Å². The van der Waals surface area contributed by atoms with E-state index in [0.717, 1.165) is 25.8 Å². The molecule has 0 bridgehead atoms. The molecular weight excluding hydrogens is 318 g/mol. The topological polar surface area (TPSA) is 23.5 Å². The maximum atomic E-state index is 12.1. The SMILES string of the molecule is CN(C)CC1CCCCC(=Cc2ccccc2)C1(O)CC1CCCCC1. The number of hydrogen-bond donors (Lipinski definition) is 1. The molecule has 1 aromatic carbocycles. The monoisotopic (exact) mass is 355 g/mol. The van der Waals surface area contributed by atoms with Gasteiger partial charge >= 0.3 is 0 Å². The van der Waals surface area contributed by atoms with Gasteiger partial charge in [-0.05, 0) is 56.8 Å². The lowest BCUT2D eigenvalue weighted by Gasteiger charge is -2.41. The van der Waals surface area contributed by atoms with Crippen LogP contribution in [0.3, 0.4) is 0 Å². The molecule has 3 rings (SSSR count). The molecule has 0 radical (unpaired) electrons. The fraction of sp³-hybridized carbons (Fsp3) is 0.667. The van der Waals surface area contributed by atoms with Crippen LogP contribution in [0.2, 0.25) is 0 Å². The van der Waals surface area contributed by atoms with Crippen molar-refractivity contribution >= 4 is 6.08 Å². The van der Waals surface area contributed by atoms with E-state index in [0.29, 0.717) is 11.8 Å². The van der Waals surface area contributed by atoms with Gasteiger partial charge in [-0.25, -0.2) is 0 Å². The average molecular weight is 356 g/mol. The molecule has 144 valence electrons. The summed E-state index contributed by atoms with van der Waals surface area (Å²) in [6, 6.07) is 10.6. The molecule has 0 amide bonds. The lowest BCUT2D eigenvalue weighted by atomic mass is 9.70. The predicted octanol–water partition coefficient (Wildman–Crippen LogP) is 5.52. The van der Waals surface area contributed by atoms with Crippen LogP contribution in [0.1, 0.15) is 69.8 Å². The summed E-state index contributed by atoms with van der Waals surface area (Å²) in [4.78, 5) is 2.27. The minimum Gasteiger partial charge on any atom is -0.385 e. The molecule has 2 fully saturated rings.